The number of fused-ring (bicyclic) bond motifs is 1. The Morgan fingerprint density at radius 3 is 3.06 bits per heavy atom. The van der Waals surface area contributed by atoms with Gasteiger partial charge >= 0.3 is 0 Å². The van der Waals surface area contributed by atoms with Crippen molar-refractivity contribution in [2.45, 2.75) is 51.7 Å². The number of hydrogen-bond donors (Lipinski definition) is 1. The Bertz CT molecular complexity index is 364. The second kappa shape index (κ2) is 6.91. The summed E-state index contributed by atoms with van der Waals surface area (Å²) in [6.07, 6.45) is 5.10. The number of hydrogen-bond acceptors (Lipinski definition) is 2. The average molecular weight is 247 g/mol. The van der Waals surface area contributed by atoms with Crippen LogP contribution in [0.4, 0.5) is 0 Å². The zero-order valence-corrected chi connectivity index (χ0v) is 11.6. The van der Waals surface area contributed by atoms with Gasteiger partial charge in [0.1, 0.15) is 0 Å². The third-order valence-corrected chi connectivity index (χ3v) is 3.60. The summed E-state index contributed by atoms with van der Waals surface area (Å²) in [5.41, 5.74) is 2.88. The third-order valence-electron chi connectivity index (χ3n) is 3.60. The summed E-state index contributed by atoms with van der Waals surface area (Å²) in [6, 6.07) is 9.16. The molecule has 2 atom stereocenters. The van der Waals surface area contributed by atoms with E-state index in [4.69, 9.17) is 4.74 Å². The van der Waals surface area contributed by atoms with Crippen molar-refractivity contribution >= 4 is 0 Å². The summed E-state index contributed by atoms with van der Waals surface area (Å²) in [6.45, 7) is 6.27. The normalized spacial score (nSPS) is 20.4. The molecule has 0 saturated carbocycles. The number of aryl methyl sites for hydroxylation is 1. The topological polar surface area (TPSA) is 21.3 Å². The van der Waals surface area contributed by atoms with Crippen LogP contribution in [0.1, 0.15) is 50.3 Å². The fourth-order valence-electron chi connectivity index (χ4n) is 2.59. The molecule has 0 aliphatic heterocycles. The van der Waals surface area contributed by atoms with Gasteiger partial charge in [0.25, 0.3) is 0 Å². The van der Waals surface area contributed by atoms with E-state index in [2.05, 4.69) is 43.4 Å². The lowest BCUT2D eigenvalue weighted by molar-refractivity contribution is 0.0293. The van der Waals surface area contributed by atoms with E-state index >= 15 is 0 Å². The third kappa shape index (κ3) is 3.56. The van der Waals surface area contributed by atoms with Crippen molar-refractivity contribution in [1.82, 2.24) is 5.32 Å². The molecule has 0 saturated heterocycles. The van der Waals surface area contributed by atoms with Gasteiger partial charge in [-0.1, -0.05) is 31.2 Å². The molecule has 0 bridgehead atoms. The summed E-state index contributed by atoms with van der Waals surface area (Å²) < 4.78 is 6.11. The first kappa shape index (κ1) is 13.6. The lowest BCUT2D eigenvalue weighted by Gasteiger charge is -2.27. The molecule has 0 radical (unpaired) electrons. The molecule has 1 aliphatic carbocycles. The molecule has 0 aromatic heterocycles. The standard InChI is InChI=1S/C16H25NO/c1-3-11-17-13(2)12-18-16-10-6-8-14-7-4-5-9-15(14)16/h4-5,7,9,13,16-17H,3,6,8,10-12H2,1-2H3. The fraction of sp³-hybridized carbons (Fsp3) is 0.625. The molecule has 0 heterocycles. The van der Waals surface area contributed by atoms with E-state index in [1.807, 2.05) is 0 Å². The molecular weight excluding hydrogens is 222 g/mol. The summed E-state index contributed by atoms with van der Waals surface area (Å²) in [4.78, 5) is 0. The first-order valence-electron chi connectivity index (χ1n) is 7.24. The van der Waals surface area contributed by atoms with Crippen LogP contribution in [0.3, 0.4) is 0 Å². The van der Waals surface area contributed by atoms with E-state index < -0.39 is 0 Å². The van der Waals surface area contributed by atoms with Crippen molar-refractivity contribution in [3.05, 3.63) is 35.4 Å². The minimum atomic E-state index is 0.306. The van der Waals surface area contributed by atoms with Crippen LogP contribution in [0.15, 0.2) is 24.3 Å². The molecule has 0 amide bonds. The van der Waals surface area contributed by atoms with E-state index in [9.17, 15) is 0 Å². The minimum Gasteiger partial charge on any atom is -0.372 e. The molecule has 2 rings (SSSR count). The second-order valence-electron chi connectivity index (χ2n) is 5.27. The van der Waals surface area contributed by atoms with E-state index in [0.29, 0.717) is 12.1 Å². The van der Waals surface area contributed by atoms with Crippen LogP contribution in [0.2, 0.25) is 0 Å². The molecule has 2 unspecified atom stereocenters. The molecule has 1 aromatic carbocycles. The van der Waals surface area contributed by atoms with Crippen LogP contribution in [0.5, 0.6) is 0 Å². The lowest BCUT2D eigenvalue weighted by atomic mass is 9.89. The van der Waals surface area contributed by atoms with Crippen LogP contribution in [-0.2, 0) is 11.2 Å². The van der Waals surface area contributed by atoms with Gasteiger partial charge in [-0.05, 0) is 50.3 Å². The molecular formula is C16H25NO. The SMILES string of the molecule is CCCNC(C)COC1CCCc2ccccc21. The molecule has 1 N–H and O–H groups in total. The number of ether oxygens (including phenoxy) is 1. The van der Waals surface area contributed by atoms with Gasteiger partial charge in [0.15, 0.2) is 0 Å². The first-order chi connectivity index (χ1) is 8.81. The highest BCUT2D eigenvalue weighted by Crippen LogP contribution is 2.32. The molecule has 1 aromatic rings. The summed E-state index contributed by atoms with van der Waals surface area (Å²) in [5.74, 6) is 0. The highest BCUT2D eigenvalue weighted by Gasteiger charge is 2.20. The van der Waals surface area contributed by atoms with Crippen molar-refractivity contribution < 1.29 is 4.74 Å². The maximum Gasteiger partial charge on any atom is 0.0828 e. The zero-order valence-electron chi connectivity index (χ0n) is 11.6. The van der Waals surface area contributed by atoms with Gasteiger partial charge < -0.3 is 10.1 Å². The Kier molecular flexibility index (Phi) is 5.21. The van der Waals surface area contributed by atoms with E-state index in [1.165, 1.54) is 30.4 Å². The zero-order chi connectivity index (χ0) is 12.8. The van der Waals surface area contributed by atoms with Crippen LogP contribution in [0, 0.1) is 0 Å². The smallest absolute Gasteiger partial charge is 0.0828 e. The van der Waals surface area contributed by atoms with Gasteiger partial charge in [-0.3, -0.25) is 0 Å². The molecule has 0 fully saturated rings. The summed E-state index contributed by atoms with van der Waals surface area (Å²) in [7, 11) is 0. The molecule has 1 aliphatic rings. The summed E-state index contributed by atoms with van der Waals surface area (Å²) in [5, 5.41) is 3.47. The maximum absolute atomic E-state index is 6.11. The molecule has 2 nitrogen and oxygen atoms in total. The molecule has 18 heavy (non-hydrogen) atoms. The Balaban J connectivity index is 1.87. The van der Waals surface area contributed by atoms with E-state index in [0.717, 1.165) is 19.6 Å². The minimum absolute atomic E-state index is 0.306. The highest BCUT2D eigenvalue weighted by atomic mass is 16.5. The van der Waals surface area contributed by atoms with Crippen LogP contribution in [-0.4, -0.2) is 19.2 Å². The quantitative estimate of drug-likeness (QED) is 0.831. The predicted molar refractivity (Wildman–Crippen MR) is 75.8 cm³/mol. The largest absolute Gasteiger partial charge is 0.372 e. The fourth-order valence-corrected chi connectivity index (χ4v) is 2.59. The number of nitrogens with one attached hydrogen (secondary N) is 1. The lowest BCUT2D eigenvalue weighted by Crippen LogP contribution is -2.32. The maximum atomic E-state index is 6.11. The highest BCUT2D eigenvalue weighted by molar-refractivity contribution is 5.31. The van der Waals surface area contributed by atoms with Crippen molar-refractivity contribution in [1.29, 1.82) is 0 Å². The summed E-state index contributed by atoms with van der Waals surface area (Å²) >= 11 is 0. The van der Waals surface area contributed by atoms with Gasteiger partial charge in [-0.2, -0.15) is 0 Å². The Hall–Kier alpha value is -0.860. The molecule has 2 heteroatoms. The predicted octanol–water partition coefficient (Wildman–Crippen LogP) is 3.47. The van der Waals surface area contributed by atoms with Gasteiger partial charge in [0, 0.05) is 6.04 Å². The Morgan fingerprint density at radius 1 is 1.39 bits per heavy atom. The van der Waals surface area contributed by atoms with Gasteiger partial charge in [0.2, 0.25) is 0 Å². The van der Waals surface area contributed by atoms with Gasteiger partial charge in [-0.25, -0.2) is 0 Å². The van der Waals surface area contributed by atoms with Gasteiger partial charge in [0.05, 0.1) is 12.7 Å². The van der Waals surface area contributed by atoms with Gasteiger partial charge in [-0.15, -0.1) is 0 Å². The van der Waals surface area contributed by atoms with Crippen LogP contribution < -0.4 is 5.32 Å². The first-order valence-corrected chi connectivity index (χ1v) is 7.24. The monoisotopic (exact) mass is 247 g/mol. The Labute approximate surface area is 111 Å². The Morgan fingerprint density at radius 2 is 2.22 bits per heavy atom. The number of rotatable bonds is 6. The molecule has 100 valence electrons. The number of benzene rings is 1. The van der Waals surface area contributed by atoms with Crippen molar-refractivity contribution in [2.75, 3.05) is 13.2 Å². The van der Waals surface area contributed by atoms with E-state index in [1.54, 1.807) is 0 Å². The molecule has 0 spiro atoms. The van der Waals surface area contributed by atoms with Crippen molar-refractivity contribution in [2.24, 2.45) is 0 Å². The second-order valence-corrected chi connectivity index (χ2v) is 5.27. The van der Waals surface area contributed by atoms with E-state index in [-0.39, 0.29) is 0 Å². The average Bonchev–Trinajstić information content (AvgIpc) is 2.42. The van der Waals surface area contributed by atoms with Crippen molar-refractivity contribution in [3.63, 3.8) is 0 Å². The van der Waals surface area contributed by atoms with Crippen LogP contribution >= 0.6 is 0 Å². The van der Waals surface area contributed by atoms with Crippen molar-refractivity contribution in [3.8, 4) is 0 Å². The van der Waals surface area contributed by atoms with Crippen LogP contribution in [0.25, 0.3) is 0 Å².